The van der Waals surface area contributed by atoms with Gasteiger partial charge in [0.2, 0.25) is 0 Å². The van der Waals surface area contributed by atoms with Crippen LogP contribution < -0.4 is 10.6 Å². The molecule has 0 spiro atoms. The van der Waals surface area contributed by atoms with Crippen molar-refractivity contribution in [2.75, 3.05) is 18.5 Å². The Balaban J connectivity index is 2.25. The average molecular weight is 267 g/mol. The van der Waals surface area contributed by atoms with Gasteiger partial charge in [-0.15, -0.1) is 11.3 Å². The topological polar surface area (TPSA) is 29.3 Å². The van der Waals surface area contributed by atoms with E-state index < -0.39 is 0 Å². The molecule has 17 heavy (non-hydrogen) atoms. The molecule has 4 heteroatoms. The first-order valence-corrected chi connectivity index (χ1v) is 6.65. The lowest BCUT2D eigenvalue weighted by Crippen LogP contribution is -2.29. The van der Waals surface area contributed by atoms with E-state index in [-0.39, 0.29) is 6.04 Å². The van der Waals surface area contributed by atoms with Gasteiger partial charge in [-0.1, -0.05) is 29.8 Å². The molecule has 0 bridgehead atoms. The summed E-state index contributed by atoms with van der Waals surface area (Å²) in [5.74, 6) is 0. The van der Waals surface area contributed by atoms with Gasteiger partial charge in [-0.25, -0.2) is 0 Å². The lowest BCUT2D eigenvalue weighted by atomic mass is 10.2. The van der Waals surface area contributed by atoms with Crippen molar-refractivity contribution in [1.29, 1.82) is 0 Å². The van der Waals surface area contributed by atoms with Gasteiger partial charge in [0.25, 0.3) is 0 Å². The van der Waals surface area contributed by atoms with Gasteiger partial charge in [0.15, 0.2) is 0 Å². The third-order valence-electron chi connectivity index (χ3n) is 2.78. The number of nitrogens with two attached hydrogens (primary N) is 1. The number of likely N-dealkylation sites (N-methyl/N-ethyl adjacent to an activating group) is 1. The van der Waals surface area contributed by atoms with E-state index in [1.54, 1.807) is 11.3 Å². The first-order valence-electron chi connectivity index (χ1n) is 5.45. The zero-order chi connectivity index (χ0) is 12.3. The molecule has 2 N–H and O–H groups in total. The van der Waals surface area contributed by atoms with Gasteiger partial charge in [-0.3, -0.25) is 0 Å². The highest BCUT2D eigenvalue weighted by molar-refractivity contribution is 7.16. The minimum absolute atomic E-state index is 0.176. The Morgan fingerprint density at radius 2 is 1.94 bits per heavy atom. The molecule has 1 aromatic carbocycles. The molecule has 0 radical (unpaired) electrons. The molecule has 0 saturated carbocycles. The summed E-state index contributed by atoms with van der Waals surface area (Å²) in [5, 5.41) is 0. The summed E-state index contributed by atoms with van der Waals surface area (Å²) in [6.07, 6.45) is 0. The molecule has 1 unspecified atom stereocenters. The molecule has 1 aromatic heterocycles. The molecule has 1 heterocycles. The third kappa shape index (κ3) is 2.80. The standard InChI is InChI=1S/C13H15ClN2S/c1-16(10-5-3-2-4-6-10)11(9-15)12-7-8-13(14)17-12/h2-8,11H,9,15H2,1H3. The molecule has 2 nitrogen and oxygen atoms in total. The van der Waals surface area contributed by atoms with Crippen molar-refractivity contribution in [1.82, 2.24) is 0 Å². The van der Waals surface area contributed by atoms with E-state index >= 15 is 0 Å². The van der Waals surface area contributed by atoms with Gasteiger partial charge in [-0.2, -0.15) is 0 Å². The predicted molar refractivity (Wildman–Crippen MR) is 76.0 cm³/mol. The predicted octanol–water partition coefficient (Wildman–Crippen LogP) is 3.54. The number of rotatable bonds is 4. The Kier molecular flexibility index (Phi) is 4.05. The lowest BCUT2D eigenvalue weighted by molar-refractivity contribution is 0.692. The maximum Gasteiger partial charge on any atom is 0.0932 e. The summed E-state index contributed by atoms with van der Waals surface area (Å²) in [6.45, 7) is 0.572. The molecule has 0 aliphatic rings. The summed E-state index contributed by atoms with van der Waals surface area (Å²) >= 11 is 7.56. The van der Waals surface area contributed by atoms with E-state index in [4.69, 9.17) is 17.3 Å². The van der Waals surface area contributed by atoms with E-state index in [9.17, 15) is 0 Å². The number of thiophene rings is 1. The third-order valence-corrected chi connectivity index (χ3v) is 4.11. The maximum atomic E-state index is 5.97. The molecule has 90 valence electrons. The second-order valence-corrected chi connectivity index (χ2v) is 5.59. The highest BCUT2D eigenvalue weighted by Gasteiger charge is 2.17. The fourth-order valence-electron chi connectivity index (χ4n) is 1.82. The SMILES string of the molecule is CN(c1ccccc1)C(CN)c1ccc(Cl)s1. The number of hydrogen-bond acceptors (Lipinski definition) is 3. The van der Waals surface area contributed by atoms with Crippen LogP contribution in [0.25, 0.3) is 0 Å². The fourth-order valence-corrected chi connectivity index (χ4v) is 3.03. The molecule has 1 atom stereocenters. The molecule has 2 aromatic rings. The second kappa shape index (κ2) is 5.54. The van der Waals surface area contributed by atoms with Crippen LogP contribution in [0.5, 0.6) is 0 Å². The van der Waals surface area contributed by atoms with Crippen LogP contribution >= 0.6 is 22.9 Å². The van der Waals surface area contributed by atoms with Crippen LogP contribution in [-0.4, -0.2) is 13.6 Å². The molecular formula is C13H15ClN2S. The summed E-state index contributed by atoms with van der Waals surface area (Å²) in [7, 11) is 2.06. The zero-order valence-corrected chi connectivity index (χ0v) is 11.2. The lowest BCUT2D eigenvalue weighted by Gasteiger charge is -2.28. The number of nitrogens with zero attached hydrogens (tertiary/aromatic N) is 1. The summed E-state index contributed by atoms with van der Waals surface area (Å²) < 4.78 is 0.805. The van der Waals surface area contributed by atoms with E-state index in [2.05, 4.69) is 24.1 Å². The van der Waals surface area contributed by atoms with E-state index in [0.717, 1.165) is 10.0 Å². The van der Waals surface area contributed by atoms with Crippen LogP contribution in [0.15, 0.2) is 42.5 Å². The molecule has 2 rings (SSSR count). The molecule has 0 saturated heterocycles. The Labute approximate surface area is 111 Å². The Hall–Kier alpha value is -1.03. The monoisotopic (exact) mass is 266 g/mol. The summed E-state index contributed by atoms with van der Waals surface area (Å²) in [6, 6.07) is 14.4. The van der Waals surface area contributed by atoms with Gasteiger partial charge in [-0.05, 0) is 24.3 Å². The smallest absolute Gasteiger partial charge is 0.0932 e. The number of benzene rings is 1. The van der Waals surface area contributed by atoms with Crippen LogP contribution in [0, 0.1) is 0 Å². The van der Waals surface area contributed by atoms with Crippen molar-refractivity contribution >= 4 is 28.6 Å². The van der Waals surface area contributed by atoms with Crippen molar-refractivity contribution in [3.05, 3.63) is 51.7 Å². The second-order valence-electron chi connectivity index (χ2n) is 3.84. The van der Waals surface area contributed by atoms with Crippen molar-refractivity contribution in [3.8, 4) is 0 Å². The van der Waals surface area contributed by atoms with E-state index in [1.807, 2.05) is 30.3 Å². The molecular weight excluding hydrogens is 252 g/mol. The van der Waals surface area contributed by atoms with Crippen LogP contribution in [0.2, 0.25) is 4.34 Å². The van der Waals surface area contributed by atoms with Gasteiger partial charge in [0, 0.05) is 24.2 Å². The first-order chi connectivity index (χ1) is 8.22. The number of para-hydroxylation sites is 1. The number of halogens is 1. The van der Waals surface area contributed by atoms with Gasteiger partial charge < -0.3 is 10.6 Å². The largest absolute Gasteiger partial charge is 0.365 e. The Bertz CT molecular complexity index is 469. The molecule has 0 amide bonds. The molecule has 0 fully saturated rings. The van der Waals surface area contributed by atoms with Gasteiger partial charge >= 0.3 is 0 Å². The van der Waals surface area contributed by atoms with Crippen molar-refractivity contribution in [3.63, 3.8) is 0 Å². The fraction of sp³-hybridized carbons (Fsp3) is 0.231. The minimum atomic E-state index is 0.176. The minimum Gasteiger partial charge on any atom is -0.365 e. The normalized spacial score (nSPS) is 12.4. The Morgan fingerprint density at radius 1 is 1.24 bits per heavy atom. The van der Waals surface area contributed by atoms with Crippen LogP contribution in [0.4, 0.5) is 5.69 Å². The van der Waals surface area contributed by atoms with E-state index in [1.165, 1.54) is 4.88 Å². The molecule has 0 aliphatic carbocycles. The van der Waals surface area contributed by atoms with Crippen molar-refractivity contribution in [2.24, 2.45) is 5.73 Å². The van der Waals surface area contributed by atoms with Crippen LogP contribution in [0.1, 0.15) is 10.9 Å². The zero-order valence-electron chi connectivity index (χ0n) is 9.64. The van der Waals surface area contributed by atoms with Crippen LogP contribution in [0.3, 0.4) is 0 Å². The maximum absolute atomic E-state index is 5.97. The highest BCUT2D eigenvalue weighted by Crippen LogP contribution is 2.31. The summed E-state index contributed by atoms with van der Waals surface area (Å²) in [4.78, 5) is 3.38. The van der Waals surface area contributed by atoms with Gasteiger partial charge in [0.05, 0.1) is 10.4 Å². The van der Waals surface area contributed by atoms with Crippen LogP contribution in [-0.2, 0) is 0 Å². The van der Waals surface area contributed by atoms with Crippen molar-refractivity contribution < 1.29 is 0 Å². The number of anilines is 1. The first kappa shape index (κ1) is 12.4. The summed E-state index contributed by atoms with van der Waals surface area (Å²) in [5.41, 5.74) is 7.03. The Morgan fingerprint density at radius 3 is 2.47 bits per heavy atom. The van der Waals surface area contributed by atoms with Crippen molar-refractivity contribution in [2.45, 2.75) is 6.04 Å². The van der Waals surface area contributed by atoms with Gasteiger partial charge in [0.1, 0.15) is 0 Å². The molecule has 0 aliphatic heterocycles. The number of hydrogen-bond donors (Lipinski definition) is 1. The van der Waals surface area contributed by atoms with E-state index in [0.29, 0.717) is 6.54 Å². The quantitative estimate of drug-likeness (QED) is 0.917. The highest BCUT2D eigenvalue weighted by atomic mass is 35.5. The average Bonchev–Trinajstić information content (AvgIpc) is 2.78.